The number of ketones is 1. The molecule has 0 spiro atoms. The van der Waals surface area contributed by atoms with Crippen molar-refractivity contribution in [2.45, 2.75) is 40.2 Å². The molecular formula is C11H23NO2. The zero-order valence-corrected chi connectivity index (χ0v) is 10.2. The molecule has 0 aliphatic rings. The third-order valence-electron chi connectivity index (χ3n) is 2.64. The van der Waals surface area contributed by atoms with Crippen molar-refractivity contribution in [1.29, 1.82) is 0 Å². The molecule has 0 radical (unpaired) electrons. The fraction of sp³-hybridized carbons (Fsp3) is 0.909. The number of carbonyl (C=O) groups excluding carboxylic acids is 1. The molecule has 0 aromatic heterocycles. The lowest BCUT2D eigenvalue weighted by molar-refractivity contribution is -0.128. The summed E-state index contributed by atoms with van der Waals surface area (Å²) in [6.07, 6.45) is 0. The van der Waals surface area contributed by atoms with Crippen molar-refractivity contribution in [1.82, 2.24) is 4.90 Å². The second-order valence-electron chi connectivity index (χ2n) is 5.50. The van der Waals surface area contributed by atoms with Crippen LogP contribution in [0.4, 0.5) is 0 Å². The molecule has 0 aromatic rings. The summed E-state index contributed by atoms with van der Waals surface area (Å²) in [7, 11) is 1.86. The van der Waals surface area contributed by atoms with E-state index < -0.39 is 0 Å². The van der Waals surface area contributed by atoms with E-state index in [1.54, 1.807) is 0 Å². The second kappa shape index (κ2) is 4.41. The number of carbonyl (C=O) groups is 1. The Hall–Kier alpha value is -0.410. The van der Waals surface area contributed by atoms with Gasteiger partial charge in [0.1, 0.15) is 0 Å². The Bertz CT molecular complexity index is 204. The van der Waals surface area contributed by atoms with Crippen molar-refractivity contribution in [2.75, 3.05) is 20.2 Å². The predicted molar refractivity (Wildman–Crippen MR) is 58.3 cm³/mol. The Labute approximate surface area is 87.1 Å². The van der Waals surface area contributed by atoms with Gasteiger partial charge in [-0.05, 0) is 20.9 Å². The highest BCUT2D eigenvalue weighted by atomic mass is 16.3. The lowest BCUT2D eigenvalue weighted by Gasteiger charge is -2.34. The van der Waals surface area contributed by atoms with Crippen LogP contribution >= 0.6 is 0 Å². The third kappa shape index (κ3) is 3.76. The molecule has 0 amide bonds. The van der Waals surface area contributed by atoms with E-state index in [9.17, 15) is 4.79 Å². The van der Waals surface area contributed by atoms with Crippen LogP contribution < -0.4 is 0 Å². The van der Waals surface area contributed by atoms with Crippen molar-refractivity contribution in [3.05, 3.63) is 0 Å². The van der Waals surface area contributed by atoms with Gasteiger partial charge < -0.3 is 5.11 Å². The summed E-state index contributed by atoms with van der Waals surface area (Å²) in [4.78, 5) is 13.6. The van der Waals surface area contributed by atoms with E-state index in [0.717, 1.165) is 0 Å². The van der Waals surface area contributed by atoms with Gasteiger partial charge in [-0.2, -0.15) is 0 Å². The van der Waals surface area contributed by atoms with E-state index in [4.69, 9.17) is 5.11 Å². The number of rotatable bonds is 4. The van der Waals surface area contributed by atoms with Crippen molar-refractivity contribution >= 4 is 5.78 Å². The summed E-state index contributed by atoms with van der Waals surface area (Å²) in [6, 6.07) is 0. The molecule has 84 valence electrons. The fourth-order valence-corrected chi connectivity index (χ4v) is 0.787. The van der Waals surface area contributed by atoms with E-state index in [-0.39, 0.29) is 23.3 Å². The molecule has 0 fully saturated rings. The normalized spacial score (nSPS) is 13.4. The van der Waals surface area contributed by atoms with Crippen molar-refractivity contribution in [2.24, 2.45) is 5.41 Å². The van der Waals surface area contributed by atoms with Gasteiger partial charge in [0.2, 0.25) is 0 Å². The smallest absolute Gasteiger partial charge is 0.152 e. The first-order valence-corrected chi connectivity index (χ1v) is 4.96. The molecule has 14 heavy (non-hydrogen) atoms. The van der Waals surface area contributed by atoms with Gasteiger partial charge in [-0.3, -0.25) is 9.69 Å². The molecule has 0 saturated heterocycles. The van der Waals surface area contributed by atoms with Crippen LogP contribution in [0.25, 0.3) is 0 Å². The van der Waals surface area contributed by atoms with E-state index in [1.807, 2.05) is 46.6 Å². The zero-order chi connectivity index (χ0) is 11.6. The van der Waals surface area contributed by atoms with Gasteiger partial charge in [0.25, 0.3) is 0 Å². The van der Waals surface area contributed by atoms with Gasteiger partial charge in [0.05, 0.1) is 13.2 Å². The summed E-state index contributed by atoms with van der Waals surface area (Å²) < 4.78 is 0. The molecule has 0 rings (SSSR count). The van der Waals surface area contributed by atoms with Crippen LogP contribution in [0.5, 0.6) is 0 Å². The summed E-state index contributed by atoms with van der Waals surface area (Å²) in [5.74, 6) is 0.196. The standard InChI is InChI=1S/C11H23NO2/c1-10(2,3)9(14)7-12(6)11(4,5)8-13/h13H,7-8H2,1-6H3. The molecule has 3 nitrogen and oxygen atoms in total. The van der Waals surface area contributed by atoms with E-state index in [2.05, 4.69) is 0 Å². The molecule has 0 aromatic carbocycles. The van der Waals surface area contributed by atoms with Crippen LogP contribution in [0.2, 0.25) is 0 Å². The maximum absolute atomic E-state index is 11.7. The van der Waals surface area contributed by atoms with Gasteiger partial charge >= 0.3 is 0 Å². The molecule has 0 aliphatic heterocycles. The van der Waals surface area contributed by atoms with Crippen LogP contribution in [0.1, 0.15) is 34.6 Å². The number of hydrogen-bond donors (Lipinski definition) is 1. The monoisotopic (exact) mass is 201 g/mol. The molecule has 1 N–H and O–H groups in total. The van der Waals surface area contributed by atoms with E-state index in [0.29, 0.717) is 6.54 Å². The fourth-order valence-electron chi connectivity index (χ4n) is 0.787. The minimum absolute atomic E-state index is 0.0565. The van der Waals surface area contributed by atoms with Crippen molar-refractivity contribution in [3.63, 3.8) is 0 Å². The average molecular weight is 201 g/mol. The summed E-state index contributed by atoms with van der Waals surface area (Å²) >= 11 is 0. The molecule has 0 saturated carbocycles. The van der Waals surface area contributed by atoms with Crippen molar-refractivity contribution in [3.8, 4) is 0 Å². The molecule has 3 heteroatoms. The topological polar surface area (TPSA) is 40.5 Å². The van der Waals surface area contributed by atoms with Gasteiger partial charge in [0.15, 0.2) is 5.78 Å². The van der Waals surface area contributed by atoms with Crippen molar-refractivity contribution < 1.29 is 9.90 Å². The Balaban J connectivity index is 4.34. The first-order valence-electron chi connectivity index (χ1n) is 4.96. The van der Waals surface area contributed by atoms with Crippen LogP contribution in [-0.2, 0) is 4.79 Å². The minimum Gasteiger partial charge on any atom is -0.394 e. The lowest BCUT2D eigenvalue weighted by Crippen LogP contribution is -2.48. The largest absolute Gasteiger partial charge is 0.394 e. The first-order chi connectivity index (χ1) is 6.11. The number of hydrogen-bond acceptors (Lipinski definition) is 3. The first kappa shape index (κ1) is 13.6. The molecule has 0 heterocycles. The highest BCUT2D eigenvalue weighted by Crippen LogP contribution is 2.18. The van der Waals surface area contributed by atoms with Gasteiger partial charge in [-0.15, -0.1) is 0 Å². The zero-order valence-electron chi connectivity index (χ0n) is 10.2. The highest BCUT2D eigenvalue weighted by Gasteiger charge is 2.28. The van der Waals surface area contributed by atoms with Crippen LogP contribution in [0, 0.1) is 5.41 Å². The third-order valence-corrected chi connectivity index (χ3v) is 2.64. The number of likely N-dealkylation sites (N-methyl/N-ethyl adjacent to an activating group) is 1. The van der Waals surface area contributed by atoms with Crippen LogP contribution in [0.3, 0.4) is 0 Å². The molecule has 0 atom stereocenters. The Morgan fingerprint density at radius 2 is 1.64 bits per heavy atom. The Morgan fingerprint density at radius 1 is 1.21 bits per heavy atom. The summed E-state index contributed by atoms with van der Waals surface area (Å²) in [5.41, 5.74) is -0.638. The van der Waals surface area contributed by atoms with Gasteiger partial charge in [0, 0.05) is 11.0 Å². The molecular weight excluding hydrogens is 178 g/mol. The molecule has 0 bridgehead atoms. The molecule has 0 aliphatic carbocycles. The summed E-state index contributed by atoms with van der Waals surface area (Å²) in [5, 5.41) is 9.13. The minimum atomic E-state index is -0.332. The predicted octanol–water partition coefficient (Wildman–Crippen LogP) is 1.30. The maximum atomic E-state index is 11.7. The number of aliphatic hydroxyl groups excluding tert-OH is 1. The summed E-state index contributed by atoms with van der Waals surface area (Å²) in [6.45, 7) is 10.0. The SMILES string of the molecule is CN(CC(=O)C(C)(C)C)C(C)(C)CO. The second-order valence-corrected chi connectivity index (χ2v) is 5.50. The average Bonchev–Trinajstić information content (AvgIpc) is 2.02. The van der Waals surface area contributed by atoms with Gasteiger partial charge in [-0.25, -0.2) is 0 Å². The maximum Gasteiger partial charge on any atom is 0.152 e. The van der Waals surface area contributed by atoms with Crippen LogP contribution in [0.15, 0.2) is 0 Å². The van der Waals surface area contributed by atoms with E-state index in [1.165, 1.54) is 0 Å². The number of aliphatic hydroxyl groups is 1. The Kier molecular flexibility index (Phi) is 4.28. The molecule has 0 unspecified atom stereocenters. The Morgan fingerprint density at radius 3 is 1.93 bits per heavy atom. The number of nitrogens with zero attached hydrogens (tertiary/aromatic N) is 1. The van der Waals surface area contributed by atoms with Crippen LogP contribution in [-0.4, -0.2) is 41.5 Å². The van der Waals surface area contributed by atoms with Gasteiger partial charge in [-0.1, -0.05) is 20.8 Å². The lowest BCUT2D eigenvalue weighted by atomic mass is 9.90. The number of Topliss-reactive ketones (excluding diaryl/α,β-unsaturated/α-hetero) is 1. The highest BCUT2D eigenvalue weighted by molar-refractivity contribution is 5.85. The quantitative estimate of drug-likeness (QED) is 0.745. The van der Waals surface area contributed by atoms with E-state index >= 15 is 0 Å².